The van der Waals surface area contributed by atoms with Crippen molar-refractivity contribution in [2.45, 2.75) is 57.2 Å². The fourth-order valence-corrected chi connectivity index (χ4v) is 6.50. The first-order valence-corrected chi connectivity index (χ1v) is 17.2. The number of hydrogen-bond acceptors (Lipinski definition) is 7. The first kappa shape index (κ1) is 34.1. The highest BCUT2D eigenvalue weighted by Gasteiger charge is 2.25. The maximum absolute atomic E-state index is 14.5. The molecule has 49 heavy (non-hydrogen) atoms. The van der Waals surface area contributed by atoms with Crippen LogP contribution in [-0.2, 0) is 17.8 Å². The van der Waals surface area contributed by atoms with Crippen molar-refractivity contribution in [3.05, 3.63) is 114 Å². The number of para-hydroxylation sites is 1. The van der Waals surface area contributed by atoms with E-state index >= 15 is 0 Å². The van der Waals surface area contributed by atoms with Crippen molar-refractivity contribution in [1.29, 1.82) is 0 Å². The zero-order chi connectivity index (χ0) is 34.0. The van der Waals surface area contributed by atoms with Gasteiger partial charge in [0.2, 0.25) is 5.88 Å². The van der Waals surface area contributed by atoms with Gasteiger partial charge < -0.3 is 25.4 Å². The van der Waals surface area contributed by atoms with E-state index < -0.39 is 11.7 Å². The standard InChI is InChI=1S/C39H44FN5O4/c40-31-25-35(37(46)43-33-18-16-32(41)17-19-33)38(42-26-31)49-36-30(13-7-15-34(36)29-11-5-2-6-12-29)14-8-20-44-21-23-45(24-22-44)39(47)48-27-28-9-3-1-4-10-28/h1-7,9-13,15,25-26,32-33H,8,14,16-24,27,41H2,(H,43,46). The summed E-state index contributed by atoms with van der Waals surface area (Å²) in [6.07, 6.45) is 5.57. The van der Waals surface area contributed by atoms with Gasteiger partial charge in [-0.25, -0.2) is 14.2 Å². The molecule has 2 amide bonds. The van der Waals surface area contributed by atoms with Gasteiger partial charge in [-0.3, -0.25) is 9.69 Å². The maximum Gasteiger partial charge on any atom is 0.410 e. The van der Waals surface area contributed by atoms with Gasteiger partial charge in [0.05, 0.1) is 6.20 Å². The number of piperazine rings is 1. The third kappa shape index (κ3) is 9.22. The molecule has 3 N–H and O–H groups in total. The van der Waals surface area contributed by atoms with Crippen molar-refractivity contribution >= 4 is 12.0 Å². The summed E-state index contributed by atoms with van der Waals surface area (Å²) in [5.74, 6) is -0.364. The molecule has 1 saturated heterocycles. The van der Waals surface area contributed by atoms with E-state index in [4.69, 9.17) is 15.2 Å². The van der Waals surface area contributed by atoms with Crippen molar-refractivity contribution in [3.8, 4) is 22.8 Å². The van der Waals surface area contributed by atoms with Gasteiger partial charge in [0.15, 0.2) is 0 Å². The summed E-state index contributed by atoms with van der Waals surface area (Å²) in [7, 11) is 0. The fourth-order valence-electron chi connectivity index (χ4n) is 6.50. The number of benzene rings is 3. The highest BCUT2D eigenvalue weighted by molar-refractivity contribution is 5.96. The average Bonchev–Trinajstić information content (AvgIpc) is 3.14. The number of halogens is 1. The Morgan fingerprint density at radius 2 is 1.61 bits per heavy atom. The summed E-state index contributed by atoms with van der Waals surface area (Å²) < 4.78 is 26.5. The monoisotopic (exact) mass is 665 g/mol. The van der Waals surface area contributed by atoms with Crippen molar-refractivity contribution < 1.29 is 23.5 Å². The summed E-state index contributed by atoms with van der Waals surface area (Å²) in [5, 5.41) is 3.05. The van der Waals surface area contributed by atoms with E-state index in [0.29, 0.717) is 25.3 Å². The topological polar surface area (TPSA) is 110 Å². The zero-order valence-electron chi connectivity index (χ0n) is 27.7. The molecule has 0 radical (unpaired) electrons. The van der Waals surface area contributed by atoms with Crippen LogP contribution in [0.4, 0.5) is 9.18 Å². The molecule has 9 nitrogen and oxygen atoms in total. The number of aryl methyl sites for hydroxylation is 1. The number of hydrogen-bond donors (Lipinski definition) is 2. The third-order valence-electron chi connectivity index (χ3n) is 9.31. The lowest BCUT2D eigenvalue weighted by atomic mass is 9.91. The van der Waals surface area contributed by atoms with Gasteiger partial charge >= 0.3 is 6.09 Å². The summed E-state index contributed by atoms with van der Waals surface area (Å²) in [4.78, 5) is 34.4. The van der Waals surface area contributed by atoms with Gasteiger partial charge in [0, 0.05) is 43.8 Å². The number of nitrogens with one attached hydrogen (secondary N) is 1. The number of carbonyl (C=O) groups excluding carboxylic acids is 2. The third-order valence-corrected chi connectivity index (χ3v) is 9.31. The quantitative estimate of drug-likeness (QED) is 0.187. The second-order valence-electron chi connectivity index (χ2n) is 12.8. The van der Waals surface area contributed by atoms with Gasteiger partial charge in [-0.2, -0.15) is 0 Å². The molecular weight excluding hydrogens is 621 g/mol. The minimum Gasteiger partial charge on any atom is -0.445 e. The Balaban J connectivity index is 1.12. The van der Waals surface area contributed by atoms with E-state index in [9.17, 15) is 14.0 Å². The largest absolute Gasteiger partial charge is 0.445 e. The molecule has 1 aromatic heterocycles. The lowest BCUT2D eigenvalue weighted by molar-refractivity contribution is 0.0714. The van der Waals surface area contributed by atoms with Crippen LogP contribution < -0.4 is 15.8 Å². The van der Waals surface area contributed by atoms with Crippen LogP contribution in [-0.4, -0.2) is 71.6 Å². The zero-order valence-corrected chi connectivity index (χ0v) is 27.7. The molecule has 1 saturated carbocycles. The SMILES string of the molecule is NC1CCC(NC(=O)c2cc(F)cnc2Oc2c(CCCN3CCN(C(=O)OCc4ccccc4)CC3)cccc2-c2ccccc2)CC1. The number of carbonyl (C=O) groups is 2. The molecule has 1 aliphatic heterocycles. The highest BCUT2D eigenvalue weighted by Crippen LogP contribution is 2.38. The summed E-state index contributed by atoms with van der Waals surface area (Å²) >= 11 is 0. The molecule has 3 aromatic carbocycles. The molecular formula is C39H44FN5O4. The number of aromatic nitrogens is 1. The Labute approximate surface area is 287 Å². The second-order valence-corrected chi connectivity index (χ2v) is 12.8. The van der Waals surface area contributed by atoms with E-state index in [0.717, 1.165) is 80.2 Å². The van der Waals surface area contributed by atoms with Crippen LogP contribution in [0.5, 0.6) is 11.6 Å². The molecule has 256 valence electrons. The first-order chi connectivity index (χ1) is 23.9. The van der Waals surface area contributed by atoms with Crippen LogP contribution in [0.3, 0.4) is 0 Å². The van der Waals surface area contributed by atoms with E-state index in [2.05, 4.69) is 15.2 Å². The second kappa shape index (κ2) is 16.5. The van der Waals surface area contributed by atoms with Gasteiger partial charge in [-0.15, -0.1) is 0 Å². The molecule has 2 fully saturated rings. The van der Waals surface area contributed by atoms with Crippen LogP contribution >= 0.6 is 0 Å². The minimum absolute atomic E-state index is 0.0302. The lowest BCUT2D eigenvalue weighted by Crippen LogP contribution is -2.49. The fraction of sp³-hybridized carbons (Fsp3) is 0.359. The minimum atomic E-state index is -0.607. The number of ether oxygens (including phenoxy) is 2. The molecule has 0 spiro atoms. The molecule has 6 rings (SSSR count). The van der Waals surface area contributed by atoms with E-state index in [-0.39, 0.29) is 36.2 Å². The predicted octanol–water partition coefficient (Wildman–Crippen LogP) is 6.57. The maximum atomic E-state index is 14.5. The molecule has 10 heteroatoms. The molecule has 0 unspecified atom stereocenters. The Kier molecular flexibility index (Phi) is 11.5. The highest BCUT2D eigenvalue weighted by atomic mass is 19.1. The normalized spacial score (nSPS) is 18.1. The Hall–Kier alpha value is -4.80. The Morgan fingerprint density at radius 3 is 2.35 bits per heavy atom. The van der Waals surface area contributed by atoms with Crippen LogP contribution in [0.1, 0.15) is 53.6 Å². The van der Waals surface area contributed by atoms with Gasteiger partial charge in [-0.05, 0) is 67.8 Å². The number of rotatable bonds is 11. The molecule has 2 aliphatic rings. The van der Waals surface area contributed by atoms with Crippen molar-refractivity contribution in [2.24, 2.45) is 5.73 Å². The number of nitrogens with two attached hydrogens (primary N) is 1. The molecule has 4 aromatic rings. The molecule has 0 atom stereocenters. The average molecular weight is 666 g/mol. The van der Waals surface area contributed by atoms with Gasteiger partial charge in [0.25, 0.3) is 5.91 Å². The van der Waals surface area contributed by atoms with Crippen molar-refractivity contribution in [3.63, 3.8) is 0 Å². The molecule has 1 aliphatic carbocycles. The summed E-state index contributed by atoms with van der Waals surface area (Å²) in [6, 6.07) is 26.9. The van der Waals surface area contributed by atoms with Crippen molar-refractivity contribution in [2.75, 3.05) is 32.7 Å². The lowest BCUT2D eigenvalue weighted by Gasteiger charge is -2.34. The predicted molar refractivity (Wildman–Crippen MR) is 187 cm³/mol. The first-order valence-electron chi connectivity index (χ1n) is 17.2. The van der Waals surface area contributed by atoms with Crippen LogP contribution in [0.15, 0.2) is 91.1 Å². The smallest absolute Gasteiger partial charge is 0.410 e. The van der Waals surface area contributed by atoms with E-state index in [1.807, 2.05) is 78.9 Å². The van der Waals surface area contributed by atoms with Crippen LogP contribution in [0.2, 0.25) is 0 Å². The number of nitrogens with zero attached hydrogens (tertiary/aromatic N) is 3. The van der Waals surface area contributed by atoms with E-state index in [1.165, 1.54) is 6.07 Å². The molecule has 2 heterocycles. The number of pyridine rings is 1. The van der Waals surface area contributed by atoms with Gasteiger partial charge in [0.1, 0.15) is 23.7 Å². The van der Waals surface area contributed by atoms with Crippen molar-refractivity contribution in [1.82, 2.24) is 20.1 Å². The van der Waals surface area contributed by atoms with E-state index in [1.54, 1.807) is 4.90 Å². The summed E-state index contributed by atoms with van der Waals surface area (Å²) in [6.45, 7) is 3.86. The molecule has 0 bridgehead atoms. The Morgan fingerprint density at radius 1 is 0.898 bits per heavy atom. The van der Waals surface area contributed by atoms with Gasteiger partial charge in [-0.1, -0.05) is 78.9 Å². The number of amides is 2. The van der Waals surface area contributed by atoms with Crippen LogP contribution in [0.25, 0.3) is 11.1 Å². The Bertz CT molecular complexity index is 1690. The van der Waals surface area contributed by atoms with Crippen LogP contribution in [0, 0.1) is 5.82 Å². The summed E-state index contributed by atoms with van der Waals surface area (Å²) in [5.41, 5.74) is 9.86.